The SMILES string of the molecule is CCOC(=O)COc1ccccc1-c1cc(F)c(C(OCC)C(=O)NCc2ccc(C(=N)N)cc2)c(F)c1.Cl. The molecule has 11 heteroatoms. The van der Waals surface area contributed by atoms with E-state index in [2.05, 4.69) is 5.32 Å². The summed E-state index contributed by atoms with van der Waals surface area (Å²) in [6, 6.07) is 15.3. The van der Waals surface area contributed by atoms with Gasteiger partial charge < -0.3 is 25.3 Å². The summed E-state index contributed by atoms with van der Waals surface area (Å²) in [7, 11) is 0. The minimum Gasteiger partial charge on any atom is -0.481 e. The van der Waals surface area contributed by atoms with Crippen LogP contribution in [0.1, 0.15) is 36.6 Å². The van der Waals surface area contributed by atoms with E-state index in [1.165, 1.54) is 0 Å². The fourth-order valence-electron chi connectivity index (χ4n) is 3.70. The molecule has 3 rings (SSSR count). The van der Waals surface area contributed by atoms with Gasteiger partial charge in [0.2, 0.25) is 0 Å². The largest absolute Gasteiger partial charge is 0.481 e. The van der Waals surface area contributed by atoms with Crippen LogP contribution in [0.4, 0.5) is 8.78 Å². The lowest BCUT2D eigenvalue weighted by molar-refractivity contribution is -0.145. The third-order valence-corrected chi connectivity index (χ3v) is 5.49. The molecule has 0 saturated heterocycles. The number of halogens is 3. The monoisotopic (exact) mass is 561 g/mol. The lowest BCUT2D eigenvalue weighted by Crippen LogP contribution is -2.31. The van der Waals surface area contributed by atoms with Crippen molar-refractivity contribution in [3.8, 4) is 16.9 Å². The van der Waals surface area contributed by atoms with Gasteiger partial charge in [0.15, 0.2) is 12.7 Å². The third kappa shape index (κ3) is 8.23. The number of ether oxygens (including phenoxy) is 3. The second-order valence-corrected chi connectivity index (χ2v) is 8.11. The molecule has 0 spiro atoms. The summed E-state index contributed by atoms with van der Waals surface area (Å²) in [6.45, 7) is 3.23. The standard InChI is InChI=1S/C28H29F2N3O5.ClH/c1-3-36-24(34)16-38-23-8-6-5-7-20(23)19-13-21(29)25(22(30)14-19)26(37-4-2)28(35)33-15-17-9-11-18(12-10-17)27(31)32;/h5-14,26H,3-4,15-16H2,1-2H3,(H3,31,32)(H,33,35);1H. The summed E-state index contributed by atoms with van der Waals surface area (Å²) in [5, 5.41) is 10.1. The average molecular weight is 562 g/mol. The van der Waals surface area contributed by atoms with Crippen molar-refractivity contribution in [2.24, 2.45) is 5.73 Å². The summed E-state index contributed by atoms with van der Waals surface area (Å²) >= 11 is 0. The van der Waals surface area contributed by atoms with Gasteiger partial charge in [0.05, 0.1) is 12.2 Å². The number of hydrogen-bond acceptors (Lipinski definition) is 6. The molecular formula is C28H30ClF2N3O5. The van der Waals surface area contributed by atoms with E-state index >= 15 is 8.78 Å². The molecule has 0 fully saturated rings. The van der Waals surface area contributed by atoms with Crippen molar-refractivity contribution in [2.45, 2.75) is 26.5 Å². The Morgan fingerprint density at radius 2 is 1.64 bits per heavy atom. The highest BCUT2D eigenvalue weighted by Crippen LogP contribution is 2.34. The molecule has 8 nitrogen and oxygen atoms in total. The van der Waals surface area contributed by atoms with E-state index in [9.17, 15) is 9.59 Å². The predicted molar refractivity (Wildman–Crippen MR) is 145 cm³/mol. The van der Waals surface area contributed by atoms with Gasteiger partial charge in [-0.25, -0.2) is 13.6 Å². The lowest BCUT2D eigenvalue weighted by atomic mass is 9.99. The molecule has 0 radical (unpaired) electrons. The third-order valence-electron chi connectivity index (χ3n) is 5.49. The second kappa shape index (κ2) is 14.8. The molecular weight excluding hydrogens is 532 g/mol. The van der Waals surface area contributed by atoms with E-state index in [0.717, 1.165) is 12.1 Å². The van der Waals surface area contributed by atoms with Crippen molar-refractivity contribution in [1.82, 2.24) is 5.32 Å². The Labute approximate surface area is 231 Å². The maximum Gasteiger partial charge on any atom is 0.344 e. The van der Waals surface area contributed by atoms with Crippen molar-refractivity contribution in [2.75, 3.05) is 19.8 Å². The number of esters is 1. The Kier molecular flexibility index (Phi) is 11.8. The maximum absolute atomic E-state index is 15.3. The molecule has 3 aromatic carbocycles. The number of nitrogens with two attached hydrogens (primary N) is 1. The van der Waals surface area contributed by atoms with Crippen LogP contribution in [0.3, 0.4) is 0 Å². The van der Waals surface area contributed by atoms with E-state index < -0.39 is 35.2 Å². The number of carbonyl (C=O) groups excluding carboxylic acids is 2. The van der Waals surface area contributed by atoms with Gasteiger partial charge in [-0.15, -0.1) is 12.4 Å². The van der Waals surface area contributed by atoms with Crippen molar-refractivity contribution in [3.05, 3.63) is 89.0 Å². The topological polar surface area (TPSA) is 124 Å². The van der Waals surface area contributed by atoms with Gasteiger partial charge in [-0.3, -0.25) is 10.2 Å². The molecule has 0 aliphatic heterocycles. The normalized spacial score (nSPS) is 11.2. The van der Waals surface area contributed by atoms with Crippen LogP contribution in [0.2, 0.25) is 0 Å². The summed E-state index contributed by atoms with van der Waals surface area (Å²) in [6.07, 6.45) is -1.53. The van der Waals surface area contributed by atoms with E-state index in [1.54, 1.807) is 62.4 Å². The molecule has 0 heterocycles. The van der Waals surface area contributed by atoms with Crippen molar-refractivity contribution in [3.63, 3.8) is 0 Å². The van der Waals surface area contributed by atoms with Crippen LogP contribution in [0, 0.1) is 17.0 Å². The molecule has 39 heavy (non-hydrogen) atoms. The van der Waals surface area contributed by atoms with Crippen molar-refractivity contribution < 1.29 is 32.6 Å². The van der Waals surface area contributed by atoms with Gasteiger partial charge in [-0.2, -0.15) is 0 Å². The number of hydrogen-bond donors (Lipinski definition) is 3. The summed E-state index contributed by atoms with van der Waals surface area (Å²) in [5.41, 5.74) is 6.67. The fraction of sp³-hybridized carbons (Fsp3) is 0.250. The van der Waals surface area contributed by atoms with E-state index in [4.69, 9.17) is 25.4 Å². The molecule has 0 bridgehead atoms. The van der Waals surface area contributed by atoms with Crippen molar-refractivity contribution >= 4 is 30.1 Å². The molecule has 0 aliphatic rings. The molecule has 208 valence electrons. The highest BCUT2D eigenvalue weighted by molar-refractivity contribution is 5.94. The molecule has 1 amide bonds. The summed E-state index contributed by atoms with van der Waals surface area (Å²) in [4.78, 5) is 24.6. The minimum atomic E-state index is -1.53. The molecule has 1 unspecified atom stereocenters. The Morgan fingerprint density at radius 3 is 2.23 bits per heavy atom. The summed E-state index contributed by atoms with van der Waals surface area (Å²) in [5.74, 6) is -3.08. The molecule has 0 aromatic heterocycles. The number of benzene rings is 3. The number of rotatable bonds is 12. The van der Waals surface area contributed by atoms with E-state index in [-0.39, 0.29) is 55.9 Å². The summed E-state index contributed by atoms with van der Waals surface area (Å²) < 4.78 is 46.4. The van der Waals surface area contributed by atoms with Gasteiger partial charge in [0.25, 0.3) is 5.91 Å². The Morgan fingerprint density at radius 1 is 1.00 bits per heavy atom. The van der Waals surface area contributed by atoms with Crippen LogP contribution in [0.25, 0.3) is 11.1 Å². The van der Waals surface area contributed by atoms with E-state index in [1.807, 2.05) is 0 Å². The number of amides is 1. The maximum atomic E-state index is 15.3. The first-order chi connectivity index (χ1) is 18.2. The average Bonchev–Trinajstić information content (AvgIpc) is 2.90. The van der Waals surface area contributed by atoms with Crippen LogP contribution >= 0.6 is 12.4 Å². The Hall–Kier alpha value is -4.02. The van der Waals surface area contributed by atoms with Crippen LogP contribution in [-0.4, -0.2) is 37.5 Å². The van der Waals surface area contributed by atoms with Gasteiger partial charge in [-0.05, 0) is 43.2 Å². The van der Waals surface area contributed by atoms with Crippen molar-refractivity contribution in [1.29, 1.82) is 5.41 Å². The quantitative estimate of drug-likeness (QED) is 0.168. The zero-order valence-electron chi connectivity index (χ0n) is 21.5. The zero-order chi connectivity index (χ0) is 27.7. The van der Waals surface area contributed by atoms with Crippen LogP contribution in [-0.2, 0) is 25.6 Å². The number of amidine groups is 1. The minimum absolute atomic E-state index is 0. The molecule has 1 atom stereocenters. The number of para-hydroxylation sites is 1. The van der Waals surface area contributed by atoms with Crippen LogP contribution in [0.15, 0.2) is 60.7 Å². The van der Waals surface area contributed by atoms with Crippen LogP contribution in [0.5, 0.6) is 5.75 Å². The Balaban J connectivity index is 0.00000533. The van der Waals surface area contributed by atoms with Gasteiger partial charge >= 0.3 is 5.97 Å². The van der Waals surface area contributed by atoms with Gasteiger partial charge in [0.1, 0.15) is 23.2 Å². The first-order valence-electron chi connectivity index (χ1n) is 11.9. The number of nitrogen functional groups attached to an aromatic ring is 1. The molecule has 3 aromatic rings. The first-order valence-corrected chi connectivity index (χ1v) is 11.9. The molecule has 0 aliphatic carbocycles. The van der Waals surface area contributed by atoms with Crippen LogP contribution < -0.4 is 15.8 Å². The molecule has 4 N–H and O–H groups in total. The smallest absolute Gasteiger partial charge is 0.344 e. The Bertz CT molecular complexity index is 1280. The fourth-order valence-corrected chi connectivity index (χ4v) is 3.70. The van der Waals surface area contributed by atoms with E-state index in [0.29, 0.717) is 16.7 Å². The van der Waals surface area contributed by atoms with Gasteiger partial charge in [0, 0.05) is 24.3 Å². The predicted octanol–water partition coefficient (Wildman–Crippen LogP) is 4.67. The second-order valence-electron chi connectivity index (χ2n) is 8.11. The lowest BCUT2D eigenvalue weighted by Gasteiger charge is -2.20. The zero-order valence-corrected chi connectivity index (χ0v) is 22.3. The highest BCUT2D eigenvalue weighted by atomic mass is 35.5. The first kappa shape index (κ1) is 31.2. The highest BCUT2D eigenvalue weighted by Gasteiger charge is 2.28. The number of carbonyl (C=O) groups is 2. The number of nitrogens with one attached hydrogen (secondary N) is 2. The van der Waals surface area contributed by atoms with Gasteiger partial charge in [-0.1, -0.05) is 42.5 Å². The molecule has 0 saturated carbocycles.